The molecular formula is C11H19N3O4. The van der Waals surface area contributed by atoms with E-state index in [4.69, 9.17) is 24.5 Å². The van der Waals surface area contributed by atoms with Crippen LogP contribution in [0.25, 0.3) is 10.4 Å². The fourth-order valence-electron chi connectivity index (χ4n) is 2.30. The van der Waals surface area contributed by atoms with E-state index in [2.05, 4.69) is 16.9 Å². The monoisotopic (exact) mass is 257 g/mol. The van der Waals surface area contributed by atoms with Crippen molar-refractivity contribution in [2.24, 2.45) is 11.0 Å². The first kappa shape index (κ1) is 13.6. The zero-order chi connectivity index (χ0) is 13.2. The van der Waals surface area contributed by atoms with Gasteiger partial charge in [-0.3, -0.25) is 0 Å². The largest absolute Gasteiger partial charge is 0.350 e. The Bertz CT molecular complexity index is 343. The van der Waals surface area contributed by atoms with Crippen molar-refractivity contribution < 1.29 is 18.9 Å². The molecule has 2 aliphatic rings. The van der Waals surface area contributed by atoms with Crippen LogP contribution in [0.5, 0.6) is 0 Å². The molecule has 4 atom stereocenters. The number of nitrogens with zero attached hydrogens (tertiary/aromatic N) is 3. The van der Waals surface area contributed by atoms with Crippen molar-refractivity contribution in [1.82, 2.24) is 0 Å². The van der Waals surface area contributed by atoms with Gasteiger partial charge < -0.3 is 18.9 Å². The van der Waals surface area contributed by atoms with Gasteiger partial charge in [-0.15, -0.1) is 0 Å². The third kappa shape index (κ3) is 2.93. The van der Waals surface area contributed by atoms with Crippen LogP contribution in [0.1, 0.15) is 20.8 Å². The molecule has 0 N–H and O–H groups in total. The summed E-state index contributed by atoms with van der Waals surface area (Å²) in [4.78, 5) is 2.67. The molecule has 2 saturated heterocycles. The number of ether oxygens (including phenoxy) is 4. The normalized spacial score (nSPS) is 37.9. The topological polar surface area (TPSA) is 85.7 Å². The van der Waals surface area contributed by atoms with Crippen LogP contribution in [0.2, 0.25) is 0 Å². The molecule has 0 bridgehead atoms. The lowest BCUT2D eigenvalue weighted by Crippen LogP contribution is -2.48. The second-order valence-electron chi connectivity index (χ2n) is 5.07. The minimum absolute atomic E-state index is 0.0155. The molecule has 2 fully saturated rings. The van der Waals surface area contributed by atoms with Gasteiger partial charge in [-0.25, -0.2) is 0 Å². The second kappa shape index (κ2) is 5.42. The first-order chi connectivity index (χ1) is 8.53. The highest BCUT2D eigenvalue weighted by Gasteiger charge is 2.51. The van der Waals surface area contributed by atoms with Crippen LogP contribution < -0.4 is 0 Å². The zero-order valence-electron chi connectivity index (χ0n) is 10.9. The van der Waals surface area contributed by atoms with Crippen molar-refractivity contribution in [2.45, 2.75) is 45.1 Å². The van der Waals surface area contributed by atoms with Crippen LogP contribution >= 0.6 is 0 Å². The summed E-state index contributed by atoms with van der Waals surface area (Å²) in [6.07, 6.45) is -0.699. The SMILES string of the molecule is C[C@@H]1CO[C@@H](OCCN=[N+]=[N-])C2OC(C)(C)O[C@H]21. The average Bonchev–Trinajstić information content (AvgIpc) is 2.64. The van der Waals surface area contributed by atoms with E-state index in [1.165, 1.54) is 0 Å². The molecule has 0 amide bonds. The molecule has 7 heteroatoms. The van der Waals surface area contributed by atoms with E-state index >= 15 is 0 Å². The molecule has 18 heavy (non-hydrogen) atoms. The Morgan fingerprint density at radius 1 is 1.39 bits per heavy atom. The van der Waals surface area contributed by atoms with Crippen LogP contribution in [0.15, 0.2) is 5.11 Å². The number of fused-ring (bicyclic) bond motifs is 1. The molecule has 0 aromatic heterocycles. The summed E-state index contributed by atoms with van der Waals surface area (Å²) in [5, 5.41) is 3.41. The van der Waals surface area contributed by atoms with Crippen LogP contribution in [0, 0.1) is 5.92 Å². The molecule has 7 nitrogen and oxygen atoms in total. The fraction of sp³-hybridized carbons (Fsp3) is 1.00. The summed E-state index contributed by atoms with van der Waals surface area (Å²) in [6, 6.07) is 0. The van der Waals surface area contributed by atoms with Crippen LogP contribution in [0.4, 0.5) is 0 Å². The third-order valence-corrected chi connectivity index (χ3v) is 3.05. The zero-order valence-corrected chi connectivity index (χ0v) is 10.9. The highest BCUT2D eigenvalue weighted by molar-refractivity contribution is 4.90. The summed E-state index contributed by atoms with van der Waals surface area (Å²) >= 11 is 0. The van der Waals surface area contributed by atoms with E-state index in [9.17, 15) is 0 Å². The Morgan fingerprint density at radius 2 is 2.11 bits per heavy atom. The van der Waals surface area contributed by atoms with E-state index in [0.717, 1.165) is 0 Å². The Kier molecular flexibility index (Phi) is 4.09. The van der Waals surface area contributed by atoms with Crippen LogP contribution in [0.3, 0.4) is 0 Å². The Hall–Kier alpha value is -0.850. The summed E-state index contributed by atoms with van der Waals surface area (Å²) in [6.45, 7) is 7.01. The van der Waals surface area contributed by atoms with E-state index in [0.29, 0.717) is 13.2 Å². The number of hydrogen-bond acceptors (Lipinski definition) is 5. The lowest BCUT2D eigenvalue weighted by atomic mass is 9.98. The summed E-state index contributed by atoms with van der Waals surface area (Å²) in [7, 11) is 0. The first-order valence-electron chi connectivity index (χ1n) is 6.13. The third-order valence-electron chi connectivity index (χ3n) is 3.05. The molecule has 102 valence electrons. The molecule has 2 aliphatic heterocycles. The molecule has 0 aliphatic carbocycles. The van der Waals surface area contributed by atoms with Gasteiger partial charge in [0.15, 0.2) is 12.1 Å². The van der Waals surface area contributed by atoms with Gasteiger partial charge in [0, 0.05) is 17.4 Å². The van der Waals surface area contributed by atoms with Gasteiger partial charge in [0.25, 0.3) is 0 Å². The average molecular weight is 257 g/mol. The Morgan fingerprint density at radius 3 is 2.83 bits per heavy atom. The molecule has 0 aromatic rings. The van der Waals surface area contributed by atoms with Crippen molar-refractivity contribution in [3.05, 3.63) is 10.4 Å². The highest BCUT2D eigenvalue weighted by atomic mass is 16.8. The molecule has 2 heterocycles. The summed E-state index contributed by atoms with van der Waals surface area (Å²) in [5.74, 6) is -0.335. The minimum atomic E-state index is -0.607. The maximum absolute atomic E-state index is 8.18. The van der Waals surface area contributed by atoms with Gasteiger partial charge in [0.1, 0.15) is 6.10 Å². The molecular weight excluding hydrogens is 238 g/mol. The number of hydrogen-bond donors (Lipinski definition) is 0. The lowest BCUT2D eigenvalue weighted by Gasteiger charge is -2.35. The van der Waals surface area contributed by atoms with Crippen molar-refractivity contribution in [3.63, 3.8) is 0 Å². The van der Waals surface area contributed by atoms with Gasteiger partial charge >= 0.3 is 0 Å². The summed E-state index contributed by atoms with van der Waals surface area (Å²) in [5.41, 5.74) is 8.18. The van der Waals surface area contributed by atoms with E-state index < -0.39 is 12.1 Å². The van der Waals surface area contributed by atoms with Crippen LogP contribution in [-0.4, -0.2) is 44.0 Å². The predicted molar refractivity (Wildman–Crippen MR) is 62.7 cm³/mol. The number of azide groups is 1. The first-order valence-corrected chi connectivity index (χ1v) is 6.13. The van der Waals surface area contributed by atoms with Crippen molar-refractivity contribution in [3.8, 4) is 0 Å². The maximum atomic E-state index is 8.18. The van der Waals surface area contributed by atoms with Gasteiger partial charge in [-0.1, -0.05) is 12.0 Å². The second-order valence-corrected chi connectivity index (χ2v) is 5.07. The van der Waals surface area contributed by atoms with Crippen molar-refractivity contribution in [1.29, 1.82) is 0 Å². The molecule has 0 aromatic carbocycles. The summed E-state index contributed by atoms with van der Waals surface area (Å²) < 4.78 is 22.8. The van der Waals surface area contributed by atoms with Gasteiger partial charge in [-0.05, 0) is 19.4 Å². The minimum Gasteiger partial charge on any atom is -0.350 e. The van der Waals surface area contributed by atoms with Gasteiger partial charge in [0.2, 0.25) is 0 Å². The molecule has 2 rings (SSSR count). The fourth-order valence-corrected chi connectivity index (χ4v) is 2.30. The molecule has 0 radical (unpaired) electrons. The van der Waals surface area contributed by atoms with Gasteiger partial charge in [-0.2, -0.15) is 0 Å². The molecule has 0 spiro atoms. The van der Waals surface area contributed by atoms with Crippen molar-refractivity contribution in [2.75, 3.05) is 19.8 Å². The quantitative estimate of drug-likeness (QED) is 0.333. The number of rotatable bonds is 4. The Labute approximate surface area is 106 Å². The van der Waals surface area contributed by atoms with E-state index in [1.54, 1.807) is 0 Å². The van der Waals surface area contributed by atoms with Crippen molar-refractivity contribution >= 4 is 0 Å². The maximum Gasteiger partial charge on any atom is 0.186 e. The molecule has 1 unspecified atom stereocenters. The van der Waals surface area contributed by atoms with Gasteiger partial charge in [0.05, 0.1) is 19.3 Å². The van der Waals surface area contributed by atoms with Crippen LogP contribution in [-0.2, 0) is 18.9 Å². The highest BCUT2D eigenvalue weighted by Crippen LogP contribution is 2.37. The van der Waals surface area contributed by atoms with E-state index in [-0.39, 0.29) is 24.7 Å². The Balaban J connectivity index is 1.93. The standard InChI is InChI=1S/C11H19N3O4/c1-7-6-16-10(15-5-4-13-14-12)9-8(7)17-11(2,3)18-9/h7-10H,4-6H2,1-3H3/t7-,8+,9?,10-/m1/s1. The smallest absolute Gasteiger partial charge is 0.186 e. The lowest BCUT2D eigenvalue weighted by molar-refractivity contribution is -0.237. The predicted octanol–water partition coefficient (Wildman–Crippen LogP) is 1.83. The molecule has 0 saturated carbocycles. The van der Waals surface area contributed by atoms with E-state index in [1.807, 2.05) is 13.8 Å².